The number of carbonyl (C=O) groups is 2. The van der Waals surface area contributed by atoms with Crippen LogP contribution >= 0.6 is 0 Å². The van der Waals surface area contributed by atoms with E-state index in [9.17, 15) is 18.0 Å². The molecule has 27 heavy (non-hydrogen) atoms. The van der Waals surface area contributed by atoms with E-state index < -0.39 is 21.8 Å². The molecule has 2 amide bonds. The lowest BCUT2D eigenvalue weighted by Gasteiger charge is -2.29. The van der Waals surface area contributed by atoms with Crippen LogP contribution in [0.4, 0.5) is 11.4 Å². The summed E-state index contributed by atoms with van der Waals surface area (Å²) >= 11 is 0. The standard InChI is InChI=1S/C20H20N2O4S/c1-14-13-27(25,26)22(19(14)23)17-9-4-7-16(12-17)20(24)21-11-5-8-15-6-2-3-10-18(15)21/h2-4,6-7,9-10,12,14H,5,8,11,13H2,1H3/t14-/m0/s1. The Morgan fingerprint density at radius 1 is 1.11 bits per heavy atom. The molecule has 7 heteroatoms. The molecule has 2 aliphatic heterocycles. The monoisotopic (exact) mass is 384 g/mol. The van der Waals surface area contributed by atoms with Crippen molar-refractivity contribution < 1.29 is 18.0 Å². The molecule has 6 nitrogen and oxygen atoms in total. The Morgan fingerprint density at radius 3 is 2.63 bits per heavy atom. The summed E-state index contributed by atoms with van der Waals surface area (Å²) in [5.41, 5.74) is 2.60. The van der Waals surface area contributed by atoms with E-state index in [1.807, 2.05) is 24.3 Å². The van der Waals surface area contributed by atoms with E-state index in [0.717, 1.165) is 28.4 Å². The van der Waals surface area contributed by atoms with Gasteiger partial charge in [0.05, 0.1) is 17.4 Å². The summed E-state index contributed by atoms with van der Waals surface area (Å²) in [6.45, 7) is 2.21. The first-order valence-electron chi connectivity index (χ1n) is 8.95. The maximum absolute atomic E-state index is 13.1. The number of hydrogen-bond donors (Lipinski definition) is 0. The number of hydrogen-bond acceptors (Lipinski definition) is 4. The zero-order chi connectivity index (χ0) is 19.2. The lowest BCUT2D eigenvalue weighted by Crippen LogP contribution is -2.36. The summed E-state index contributed by atoms with van der Waals surface area (Å²) in [5, 5.41) is 0. The van der Waals surface area contributed by atoms with Gasteiger partial charge in [0.25, 0.3) is 5.91 Å². The van der Waals surface area contributed by atoms with Crippen molar-refractivity contribution in [3.05, 3.63) is 59.7 Å². The number of fused-ring (bicyclic) bond motifs is 1. The topological polar surface area (TPSA) is 74.8 Å². The zero-order valence-corrected chi connectivity index (χ0v) is 15.8. The molecule has 0 saturated carbocycles. The third kappa shape index (κ3) is 3.02. The lowest BCUT2D eigenvalue weighted by molar-refractivity contribution is -0.119. The van der Waals surface area contributed by atoms with Gasteiger partial charge in [-0.15, -0.1) is 0 Å². The van der Waals surface area contributed by atoms with E-state index in [1.165, 1.54) is 6.07 Å². The van der Waals surface area contributed by atoms with E-state index in [4.69, 9.17) is 0 Å². The number of anilines is 2. The summed E-state index contributed by atoms with van der Waals surface area (Å²) < 4.78 is 25.5. The highest BCUT2D eigenvalue weighted by atomic mass is 32.2. The molecule has 2 aromatic carbocycles. The minimum Gasteiger partial charge on any atom is -0.308 e. The van der Waals surface area contributed by atoms with Crippen LogP contribution in [0.3, 0.4) is 0 Å². The normalized spacial score (nSPS) is 21.2. The van der Waals surface area contributed by atoms with E-state index >= 15 is 0 Å². The van der Waals surface area contributed by atoms with Crippen molar-refractivity contribution in [1.29, 1.82) is 0 Å². The first-order chi connectivity index (χ1) is 12.9. The maximum Gasteiger partial charge on any atom is 0.258 e. The van der Waals surface area contributed by atoms with Crippen LogP contribution < -0.4 is 9.21 Å². The fourth-order valence-corrected chi connectivity index (χ4v) is 5.56. The molecule has 0 aliphatic carbocycles. The quantitative estimate of drug-likeness (QED) is 0.798. The molecule has 1 fully saturated rings. The van der Waals surface area contributed by atoms with E-state index in [2.05, 4.69) is 0 Å². The highest BCUT2D eigenvalue weighted by Gasteiger charge is 2.42. The van der Waals surface area contributed by atoms with Gasteiger partial charge in [0.15, 0.2) is 0 Å². The largest absolute Gasteiger partial charge is 0.308 e. The summed E-state index contributed by atoms with van der Waals surface area (Å²) in [6.07, 6.45) is 1.80. The molecule has 2 aliphatic rings. The van der Waals surface area contributed by atoms with Crippen LogP contribution in [0.1, 0.15) is 29.3 Å². The third-order valence-corrected chi connectivity index (χ3v) is 6.91. The molecular weight excluding hydrogens is 364 g/mol. The number of rotatable bonds is 2. The SMILES string of the molecule is C[C@H]1CS(=O)(=O)N(c2cccc(C(=O)N3CCCc4ccccc43)c2)C1=O. The van der Waals surface area contributed by atoms with E-state index in [-0.39, 0.29) is 17.3 Å². The second-order valence-electron chi connectivity index (χ2n) is 7.02. The first kappa shape index (κ1) is 17.7. The second-order valence-corrected chi connectivity index (χ2v) is 8.88. The van der Waals surface area contributed by atoms with E-state index in [1.54, 1.807) is 30.0 Å². The molecule has 4 rings (SSSR count). The molecule has 2 aromatic rings. The molecule has 0 unspecified atom stereocenters. The maximum atomic E-state index is 13.1. The average Bonchev–Trinajstić information content (AvgIpc) is 2.87. The molecule has 1 saturated heterocycles. The average molecular weight is 384 g/mol. The van der Waals surface area contributed by atoms with Crippen molar-refractivity contribution in [3.63, 3.8) is 0 Å². The highest BCUT2D eigenvalue weighted by Crippen LogP contribution is 2.31. The van der Waals surface area contributed by atoms with Crippen molar-refractivity contribution in [1.82, 2.24) is 0 Å². The Morgan fingerprint density at radius 2 is 1.89 bits per heavy atom. The van der Waals surface area contributed by atoms with Crippen LogP contribution in [0.5, 0.6) is 0 Å². The van der Waals surface area contributed by atoms with Crippen molar-refractivity contribution >= 4 is 33.2 Å². The Bertz CT molecular complexity index is 1030. The number of nitrogens with zero attached hydrogens (tertiary/aromatic N) is 2. The molecule has 2 heterocycles. The Balaban J connectivity index is 1.70. The summed E-state index contributed by atoms with van der Waals surface area (Å²) in [5.74, 6) is -1.43. The number of para-hydroxylation sites is 1. The van der Waals surface area contributed by atoms with Gasteiger partial charge in [0.2, 0.25) is 15.9 Å². The summed E-state index contributed by atoms with van der Waals surface area (Å²) in [4.78, 5) is 27.2. The van der Waals surface area contributed by atoms with Crippen LogP contribution in [0.25, 0.3) is 0 Å². The van der Waals surface area contributed by atoms with Crippen LogP contribution in [0.2, 0.25) is 0 Å². The fraction of sp³-hybridized carbons (Fsp3) is 0.300. The van der Waals surface area contributed by atoms with Gasteiger partial charge in [-0.2, -0.15) is 0 Å². The van der Waals surface area contributed by atoms with Gasteiger partial charge >= 0.3 is 0 Å². The molecule has 0 aromatic heterocycles. The van der Waals surface area contributed by atoms with Gasteiger partial charge < -0.3 is 4.90 Å². The van der Waals surface area contributed by atoms with E-state index in [0.29, 0.717) is 12.1 Å². The van der Waals surface area contributed by atoms with Crippen LogP contribution in [0, 0.1) is 5.92 Å². The van der Waals surface area contributed by atoms with Crippen LogP contribution in [-0.2, 0) is 21.2 Å². The number of carbonyl (C=O) groups excluding carboxylic acids is 2. The Labute approximate surface area is 158 Å². The van der Waals surface area contributed by atoms with Crippen molar-refractivity contribution in [2.45, 2.75) is 19.8 Å². The van der Waals surface area contributed by atoms with Gasteiger partial charge in [-0.1, -0.05) is 31.2 Å². The Hall–Kier alpha value is -2.67. The molecule has 0 N–H and O–H groups in total. The van der Waals surface area contributed by atoms with Gasteiger partial charge in [-0.3, -0.25) is 9.59 Å². The van der Waals surface area contributed by atoms with Crippen LogP contribution in [-0.4, -0.2) is 32.5 Å². The van der Waals surface area contributed by atoms with Crippen molar-refractivity contribution in [2.75, 3.05) is 21.5 Å². The molecule has 0 bridgehead atoms. The van der Waals surface area contributed by atoms with Crippen molar-refractivity contribution in [2.24, 2.45) is 5.92 Å². The van der Waals surface area contributed by atoms with Gasteiger partial charge in [0, 0.05) is 17.8 Å². The number of amides is 2. The second kappa shape index (κ2) is 6.49. The smallest absolute Gasteiger partial charge is 0.258 e. The molecule has 0 radical (unpaired) electrons. The highest BCUT2D eigenvalue weighted by molar-refractivity contribution is 7.94. The third-order valence-electron chi connectivity index (χ3n) is 5.04. The number of benzene rings is 2. The minimum atomic E-state index is -3.70. The predicted octanol–water partition coefficient (Wildman–Crippen LogP) is 2.59. The fourth-order valence-electron chi connectivity index (χ4n) is 3.75. The van der Waals surface area contributed by atoms with Crippen molar-refractivity contribution in [3.8, 4) is 0 Å². The minimum absolute atomic E-state index is 0.193. The van der Waals surface area contributed by atoms with Gasteiger partial charge in [0.1, 0.15) is 0 Å². The number of sulfonamides is 1. The van der Waals surface area contributed by atoms with Gasteiger partial charge in [-0.25, -0.2) is 12.7 Å². The molecule has 140 valence electrons. The predicted molar refractivity (Wildman–Crippen MR) is 103 cm³/mol. The van der Waals surface area contributed by atoms with Gasteiger partial charge in [-0.05, 0) is 42.7 Å². The van der Waals surface area contributed by atoms with Crippen LogP contribution in [0.15, 0.2) is 48.5 Å². The Kier molecular flexibility index (Phi) is 4.26. The number of aryl methyl sites for hydroxylation is 1. The summed E-state index contributed by atoms with van der Waals surface area (Å²) in [6, 6.07) is 14.1. The molecule has 0 spiro atoms. The summed E-state index contributed by atoms with van der Waals surface area (Å²) in [7, 11) is -3.70. The molecule has 1 atom stereocenters. The first-order valence-corrected chi connectivity index (χ1v) is 10.6. The zero-order valence-electron chi connectivity index (χ0n) is 15.0. The molecular formula is C20H20N2O4S. The lowest BCUT2D eigenvalue weighted by atomic mass is 10.0.